The lowest BCUT2D eigenvalue weighted by Gasteiger charge is -2.17. The quantitative estimate of drug-likeness (QED) is 0.726. The number of hydrogen-bond acceptors (Lipinski definition) is 2. The normalized spacial score (nSPS) is 17.3. The van der Waals surface area contributed by atoms with Gasteiger partial charge in [0.1, 0.15) is 5.92 Å². The molecule has 1 N–H and O–H groups in total. The fourth-order valence-electron chi connectivity index (χ4n) is 2.95. The highest BCUT2D eigenvalue weighted by molar-refractivity contribution is 9.10. The molecule has 4 nitrogen and oxygen atoms in total. The maximum absolute atomic E-state index is 12.6. The predicted molar refractivity (Wildman–Crippen MR) is 97.9 cm³/mol. The smallest absolute Gasteiger partial charge is 0.351 e. The second-order valence-corrected chi connectivity index (χ2v) is 7.14. The highest BCUT2D eigenvalue weighted by Gasteiger charge is 2.37. The number of nitrogens with one attached hydrogen (secondary N) is 1. The predicted octanol–water partition coefficient (Wildman–Crippen LogP) is 4.14. The van der Waals surface area contributed by atoms with Gasteiger partial charge in [-0.05, 0) is 42.3 Å². The van der Waals surface area contributed by atoms with Crippen LogP contribution >= 0.6 is 15.9 Å². The summed E-state index contributed by atoms with van der Waals surface area (Å²) in [6, 6.07) is 11.8. The van der Waals surface area contributed by atoms with Gasteiger partial charge in [-0.2, -0.15) is 13.2 Å². The summed E-state index contributed by atoms with van der Waals surface area (Å²) in [5.74, 6) is -1.49. The van der Waals surface area contributed by atoms with Gasteiger partial charge in [-0.25, -0.2) is 0 Å². The van der Waals surface area contributed by atoms with Gasteiger partial charge in [-0.15, -0.1) is 0 Å². The fraction of sp³-hybridized carbons (Fsp3) is 0.263. The Balaban J connectivity index is 1.59. The van der Waals surface area contributed by atoms with Crippen LogP contribution in [0.5, 0.6) is 0 Å². The van der Waals surface area contributed by atoms with Crippen LogP contribution in [0.2, 0.25) is 0 Å². The van der Waals surface area contributed by atoms with Crippen molar-refractivity contribution < 1.29 is 22.8 Å². The van der Waals surface area contributed by atoms with E-state index in [0.29, 0.717) is 24.2 Å². The fourth-order valence-corrected chi connectivity index (χ4v) is 3.33. The number of carbonyl (C=O) groups excluding carboxylic acids is 2. The SMILES string of the molecule is O=C(NCc1ccc(C(F)(F)F)cc1)C1CCN(c2cccc(Br)c2)C1=O. The number of nitrogens with zero attached hydrogens (tertiary/aromatic N) is 1. The molecule has 0 bridgehead atoms. The second-order valence-electron chi connectivity index (χ2n) is 6.22. The third-order valence-electron chi connectivity index (χ3n) is 4.39. The van der Waals surface area contributed by atoms with Crippen LogP contribution in [0.15, 0.2) is 53.0 Å². The summed E-state index contributed by atoms with van der Waals surface area (Å²) in [5.41, 5.74) is 0.506. The van der Waals surface area contributed by atoms with Crippen molar-refractivity contribution in [3.8, 4) is 0 Å². The number of anilines is 1. The van der Waals surface area contributed by atoms with Crippen LogP contribution in [0.1, 0.15) is 17.5 Å². The molecule has 1 atom stereocenters. The molecule has 0 aliphatic carbocycles. The Bertz CT molecular complexity index is 853. The first-order valence-corrected chi connectivity index (χ1v) is 9.06. The lowest BCUT2D eigenvalue weighted by Crippen LogP contribution is -2.36. The van der Waals surface area contributed by atoms with Crippen molar-refractivity contribution in [1.82, 2.24) is 5.32 Å². The summed E-state index contributed by atoms with van der Waals surface area (Å²) in [7, 11) is 0. The Morgan fingerprint density at radius 2 is 1.89 bits per heavy atom. The van der Waals surface area contributed by atoms with Gasteiger partial charge in [0.25, 0.3) is 0 Å². The zero-order chi connectivity index (χ0) is 19.6. The van der Waals surface area contributed by atoms with E-state index < -0.39 is 23.6 Å². The van der Waals surface area contributed by atoms with Crippen LogP contribution in [0.3, 0.4) is 0 Å². The molecule has 1 unspecified atom stereocenters. The second kappa shape index (κ2) is 7.72. The third kappa shape index (κ3) is 4.50. The van der Waals surface area contributed by atoms with Gasteiger partial charge in [-0.1, -0.05) is 34.1 Å². The molecule has 0 aromatic heterocycles. The molecule has 1 aliphatic rings. The molecule has 27 heavy (non-hydrogen) atoms. The first-order valence-electron chi connectivity index (χ1n) is 8.26. The average Bonchev–Trinajstić information content (AvgIpc) is 3.01. The van der Waals surface area contributed by atoms with Crippen LogP contribution in [-0.2, 0) is 22.3 Å². The molecule has 1 saturated heterocycles. The van der Waals surface area contributed by atoms with Crippen molar-refractivity contribution in [2.24, 2.45) is 5.92 Å². The van der Waals surface area contributed by atoms with E-state index in [2.05, 4.69) is 21.2 Å². The molecule has 1 aliphatic heterocycles. The molecule has 8 heteroatoms. The number of rotatable bonds is 4. The molecular formula is C19H16BrF3N2O2. The Labute approximate surface area is 162 Å². The summed E-state index contributed by atoms with van der Waals surface area (Å²) in [6.45, 7) is 0.505. The third-order valence-corrected chi connectivity index (χ3v) is 4.88. The van der Waals surface area contributed by atoms with Crippen LogP contribution in [0.4, 0.5) is 18.9 Å². The minimum absolute atomic E-state index is 0.0671. The number of carbonyl (C=O) groups is 2. The summed E-state index contributed by atoms with van der Waals surface area (Å²) < 4.78 is 38.5. The zero-order valence-corrected chi connectivity index (χ0v) is 15.7. The van der Waals surface area contributed by atoms with Gasteiger partial charge in [0.2, 0.25) is 11.8 Å². The van der Waals surface area contributed by atoms with Crippen molar-refractivity contribution in [3.63, 3.8) is 0 Å². The van der Waals surface area contributed by atoms with Gasteiger partial charge < -0.3 is 10.2 Å². The van der Waals surface area contributed by atoms with E-state index in [0.717, 1.165) is 16.6 Å². The van der Waals surface area contributed by atoms with Crippen molar-refractivity contribution in [3.05, 3.63) is 64.1 Å². The molecule has 142 valence electrons. The first kappa shape index (κ1) is 19.4. The molecule has 2 aromatic rings. The highest BCUT2D eigenvalue weighted by atomic mass is 79.9. The van der Waals surface area contributed by atoms with Crippen LogP contribution < -0.4 is 10.2 Å². The first-order chi connectivity index (χ1) is 12.8. The van der Waals surface area contributed by atoms with Crippen molar-refractivity contribution in [2.45, 2.75) is 19.1 Å². The van der Waals surface area contributed by atoms with E-state index in [9.17, 15) is 22.8 Å². The van der Waals surface area contributed by atoms with Gasteiger partial charge in [0, 0.05) is 23.2 Å². The number of amides is 2. The minimum Gasteiger partial charge on any atom is -0.351 e. The number of halogens is 4. The zero-order valence-electron chi connectivity index (χ0n) is 14.1. The number of alkyl halides is 3. The Kier molecular flexibility index (Phi) is 5.55. The van der Waals surface area contributed by atoms with Crippen molar-refractivity contribution in [2.75, 3.05) is 11.4 Å². The Morgan fingerprint density at radius 1 is 1.19 bits per heavy atom. The molecule has 0 spiro atoms. The lowest BCUT2D eigenvalue weighted by molar-refractivity contribution is -0.137. The largest absolute Gasteiger partial charge is 0.416 e. The topological polar surface area (TPSA) is 49.4 Å². The summed E-state index contributed by atoms with van der Waals surface area (Å²) in [5, 5.41) is 2.64. The van der Waals surface area contributed by atoms with Gasteiger partial charge >= 0.3 is 6.18 Å². The molecule has 1 heterocycles. The molecule has 3 rings (SSSR count). The minimum atomic E-state index is -4.39. The summed E-state index contributed by atoms with van der Waals surface area (Å²) in [4.78, 5) is 26.5. The van der Waals surface area contributed by atoms with E-state index >= 15 is 0 Å². The van der Waals surface area contributed by atoms with Gasteiger partial charge in [0.05, 0.1) is 5.56 Å². The highest BCUT2D eigenvalue weighted by Crippen LogP contribution is 2.29. The van der Waals surface area contributed by atoms with E-state index in [4.69, 9.17) is 0 Å². The number of hydrogen-bond donors (Lipinski definition) is 1. The van der Waals surface area contributed by atoms with Crippen LogP contribution in [-0.4, -0.2) is 18.4 Å². The summed E-state index contributed by atoms with van der Waals surface area (Å²) >= 11 is 3.35. The van der Waals surface area contributed by atoms with E-state index in [1.54, 1.807) is 17.0 Å². The molecular weight excluding hydrogens is 425 g/mol. The van der Waals surface area contributed by atoms with Crippen molar-refractivity contribution in [1.29, 1.82) is 0 Å². The van der Waals surface area contributed by atoms with Crippen molar-refractivity contribution >= 4 is 33.4 Å². The maximum Gasteiger partial charge on any atom is 0.416 e. The monoisotopic (exact) mass is 440 g/mol. The summed E-state index contributed by atoms with van der Waals surface area (Å²) in [6.07, 6.45) is -4.00. The van der Waals surface area contributed by atoms with Crippen LogP contribution in [0.25, 0.3) is 0 Å². The molecule has 1 fully saturated rings. The molecule has 2 aromatic carbocycles. The van der Waals surface area contributed by atoms with Gasteiger partial charge in [-0.3, -0.25) is 9.59 Å². The number of benzene rings is 2. The van der Waals surface area contributed by atoms with Crippen LogP contribution in [0, 0.1) is 5.92 Å². The van der Waals surface area contributed by atoms with E-state index in [1.165, 1.54) is 12.1 Å². The van der Waals surface area contributed by atoms with Gasteiger partial charge in [0.15, 0.2) is 0 Å². The lowest BCUT2D eigenvalue weighted by atomic mass is 10.1. The molecule has 0 radical (unpaired) electrons. The van der Waals surface area contributed by atoms with E-state index in [-0.39, 0.29) is 12.5 Å². The Morgan fingerprint density at radius 3 is 2.52 bits per heavy atom. The average molecular weight is 441 g/mol. The van der Waals surface area contributed by atoms with E-state index in [1.807, 2.05) is 12.1 Å². The molecule has 0 saturated carbocycles. The Hall–Kier alpha value is -2.35. The molecule has 2 amide bonds. The standard InChI is InChI=1S/C19H16BrF3N2O2/c20-14-2-1-3-15(10-14)25-9-8-16(18(25)27)17(26)24-11-12-4-6-13(7-5-12)19(21,22)23/h1-7,10,16H,8-9,11H2,(H,24,26). The maximum atomic E-state index is 12.6.